The van der Waals surface area contributed by atoms with Gasteiger partial charge in [-0.15, -0.1) is 0 Å². The summed E-state index contributed by atoms with van der Waals surface area (Å²) in [6, 6.07) is 0.781. The number of unbranched alkanes of at least 4 members (excludes halogenated alkanes) is 7. The van der Waals surface area contributed by atoms with Crippen molar-refractivity contribution in [1.82, 2.24) is 5.32 Å². The van der Waals surface area contributed by atoms with E-state index in [1.807, 2.05) is 0 Å². The highest BCUT2D eigenvalue weighted by Gasteiger charge is 2.17. The topological polar surface area (TPSA) is 12.0 Å². The molecule has 1 heterocycles. The number of rotatable bonds is 12. The van der Waals surface area contributed by atoms with Crippen molar-refractivity contribution in [3.05, 3.63) is 0 Å². The van der Waals surface area contributed by atoms with Gasteiger partial charge in [0, 0.05) is 6.04 Å². The van der Waals surface area contributed by atoms with Crippen LogP contribution >= 0.6 is 11.8 Å². The van der Waals surface area contributed by atoms with Gasteiger partial charge in [-0.05, 0) is 50.2 Å². The van der Waals surface area contributed by atoms with Gasteiger partial charge in [-0.3, -0.25) is 0 Å². The minimum absolute atomic E-state index is 0.781. The van der Waals surface area contributed by atoms with E-state index in [1.54, 1.807) is 0 Å². The first-order valence-electron chi connectivity index (χ1n) is 9.11. The van der Waals surface area contributed by atoms with Crippen molar-refractivity contribution >= 4 is 11.8 Å². The van der Waals surface area contributed by atoms with Crippen molar-refractivity contribution in [3.8, 4) is 0 Å². The van der Waals surface area contributed by atoms with Gasteiger partial charge in [-0.1, -0.05) is 58.3 Å². The monoisotopic (exact) mass is 299 g/mol. The predicted octanol–water partition coefficient (Wildman–Crippen LogP) is 5.64. The first kappa shape index (κ1) is 18.4. The maximum atomic E-state index is 3.56. The van der Waals surface area contributed by atoms with Gasteiger partial charge in [0.15, 0.2) is 0 Å². The molecule has 1 saturated heterocycles. The largest absolute Gasteiger partial charge is 0.317 e. The average molecular weight is 300 g/mol. The molecule has 0 aromatic rings. The quantitative estimate of drug-likeness (QED) is 0.468. The van der Waals surface area contributed by atoms with E-state index < -0.39 is 0 Å². The van der Waals surface area contributed by atoms with Gasteiger partial charge in [0.2, 0.25) is 0 Å². The molecule has 0 aliphatic carbocycles. The van der Waals surface area contributed by atoms with E-state index in [0.29, 0.717) is 0 Å². The molecule has 1 fully saturated rings. The highest BCUT2D eigenvalue weighted by atomic mass is 32.2. The van der Waals surface area contributed by atoms with Gasteiger partial charge < -0.3 is 5.32 Å². The number of nitrogens with one attached hydrogen (secondary N) is 1. The lowest BCUT2D eigenvalue weighted by molar-refractivity contribution is 0.356. The van der Waals surface area contributed by atoms with Crippen molar-refractivity contribution in [2.75, 3.05) is 18.6 Å². The molecular formula is C18H37NS. The zero-order valence-corrected chi connectivity index (χ0v) is 14.8. The van der Waals surface area contributed by atoms with Gasteiger partial charge in [-0.2, -0.15) is 11.8 Å². The maximum absolute atomic E-state index is 3.56. The summed E-state index contributed by atoms with van der Waals surface area (Å²) in [6.07, 6.45) is 17.3. The van der Waals surface area contributed by atoms with E-state index >= 15 is 0 Å². The van der Waals surface area contributed by atoms with Crippen LogP contribution in [0.4, 0.5) is 0 Å². The fourth-order valence-corrected chi connectivity index (χ4v) is 4.49. The van der Waals surface area contributed by atoms with Crippen LogP contribution in [0, 0.1) is 5.92 Å². The van der Waals surface area contributed by atoms with Crippen LogP contribution in [-0.4, -0.2) is 24.6 Å². The second-order valence-corrected chi connectivity index (χ2v) is 7.77. The summed E-state index contributed by atoms with van der Waals surface area (Å²) < 4.78 is 0. The molecular weight excluding hydrogens is 262 g/mol. The summed E-state index contributed by atoms with van der Waals surface area (Å²) in [5.74, 6) is 3.81. The lowest BCUT2D eigenvalue weighted by Gasteiger charge is -2.26. The normalized spacial score (nSPS) is 18.3. The van der Waals surface area contributed by atoms with Crippen LogP contribution in [0.15, 0.2) is 0 Å². The van der Waals surface area contributed by atoms with E-state index in [1.165, 1.54) is 88.6 Å². The Morgan fingerprint density at radius 2 is 1.55 bits per heavy atom. The Morgan fingerprint density at radius 3 is 2.15 bits per heavy atom. The van der Waals surface area contributed by atoms with Crippen LogP contribution in [0.1, 0.15) is 84.0 Å². The molecule has 20 heavy (non-hydrogen) atoms. The summed E-state index contributed by atoms with van der Waals surface area (Å²) in [7, 11) is 2.16. The second-order valence-electron chi connectivity index (χ2n) is 6.54. The van der Waals surface area contributed by atoms with Crippen LogP contribution in [0.5, 0.6) is 0 Å². The second kappa shape index (κ2) is 13.0. The molecule has 0 saturated carbocycles. The molecule has 0 aromatic carbocycles. The molecule has 0 amide bonds. The Hall–Kier alpha value is 0.310. The fraction of sp³-hybridized carbons (Fsp3) is 1.00. The SMILES string of the molecule is CCCCCCCCCCC(CC1CCSCC1)NC. The molecule has 0 aromatic heterocycles. The van der Waals surface area contributed by atoms with Crippen LogP contribution in [0.25, 0.3) is 0 Å². The van der Waals surface area contributed by atoms with Gasteiger partial charge in [-0.25, -0.2) is 0 Å². The minimum atomic E-state index is 0.781. The van der Waals surface area contributed by atoms with Crippen LogP contribution in [0.2, 0.25) is 0 Å². The molecule has 1 unspecified atom stereocenters. The first-order chi connectivity index (χ1) is 9.86. The molecule has 120 valence electrons. The van der Waals surface area contributed by atoms with Crippen LogP contribution in [0.3, 0.4) is 0 Å². The molecule has 1 rings (SSSR count). The van der Waals surface area contributed by atoms with Crippen LogP contribution < -0.4 is 5.32 Å². The molecule has 1 atom stereocenters. The van der Waals surface area contributed by atoms with E-state index in [9.17, 15) is 0 Å². The lowest BCUT2D eigenvalue weighted by Crippen LogP contribution is -2.29. The summed E-state index contributed by atoms with van der Waals surface area (Å²) in [5.41, 5.74) is 0. The molecule has 0 bridgehead atoms. The van der Waals surface area contributed by atoms with Gasteiger partial charge in [0.1, 0.15) is 0 Å². The van der Waals surface area contributed by atoms with Gasteiger partial charge in [0.25, 0.3) is 0 Å². The van der Waals surface area contributed by atoms with Crippen molar-refractivity contribution in [3.63, 3.8) is 0 Å². The van der Waals surface area contributed by atoms with Crippen molar-refractivity contribution in [1.29, 1.82) is 0 Å². The highest BCUT2D eigenvalue weighted by molar-refractivity contribution is 7.99. The minimum Gasteiger partial charge on any atom is -0.317 e. The average Bonchev–Trinajstić information content (AvgIpc) is 2.49. The molecule has 1 nitrogen and oxygen atoms in total. The van der Waals surface area contributed by atoms with Gasteiger partial charge >= 0.3 is 0 Å². The Labute approximate surface area is 132 Å². The number of thioether (sulfide) groups is 1. The molecule has 2 heteroatoms. The third-order valence-electron chi connectivity index (χ3n) is 4.77. The smallest absolute Gasteiger partial charge is 0.00667 e. The molecule has 0 radical (unpaired) electrons. The Bertz CT molecular complexity index is 202. The third-order valence-corrected chi connectivity index (χ3v) is 5.82. The van der Waals surface area contributed by atoms with E-state index in [4.69, 9.17) is 0 Å². The Morgan fingerprint density at radius 1 is 0.950 bits per heavy atom. The third kappa shape index (κ3) is 9.28. The Balaban J connectivity index is 1.94. The van der Waals surface area contributed by atoms with Crippen molar-refractivity contribution in [2.24, 2.45) is 5.92 Å². The predicted molar refractivity (Wildman–Crippen MR) is 94.7 cm³/mol. The lowest BCUT2D eigenvalue weighted by atomic mass is 9.91. The molecule has 1 aliphatic heterocycles. The highest BCUT2D eigenvalue weighted by Crippen LogP contribution is 2.27. The number of hydrogen-bond acceptors (Lipinski definition) is 2. The summed E-state index contributed by atoms with van der Waals surface area (Å²) in [5, 5.41) is 3.56. The summed E-state index contributed by atoms with van der Waals surface area (Å²) in [4.78, 5) is 0. The van der Waals surface area contributed by atoms with Crippen LogP contribution in [-0.2, 0) is 0 Å². The number of hydrogen-bond donors (Lipinski definition) is 1. The zero-order chi connectivity index (χ0) is 14.5. The van der Waals surface area contributed by atoms with E-state index in [2.05, 4.69) is 31.1 Å². The van der Waals surface area contributed by atoms with Gasteiger partial charge in [0.05, 0.1) is 0 Å². The standard InChI is InChI=1S/C18H37NS/c1-3-4-5-6-7-8-9-10-11-18(19-2)16-17-12-14-20-15-13-17/h17-19H,3-16H2,1-2H3. The first-order valence-corrected chi connectivity index (χ1v) is 10.3. The summed E-state index contributed by atoms with van der Waals surface area (Å²) in [6.45, 7) is 2.29. The van der Waals surface area contributed by atoms with E-state index in [-0.39, 0.29) is 0 Å². The zero-order valence-electron chi connectivity index (χ0n) is 14.0. The van der Waals surface area contributed by atoms with Crippen molar-refractivity contribution in [2.45, 2.75) is 90.0 Å². The Kier molecular flexibility index (Phi) is 11.9. The van der Waals surface area contributed by atoms with Crippen molar-refractivity contribution < 1.29 is 0 Å². The van der Waals surface area contributed by atoms with E-state index in [0.717, 1.165) is 12.0 Å². The maximum Gasteiger partial charge on any atom is 0.00667 e. The molecule has 0 spiro atoms. The molecule has 1 aliphatic rings. The fourth-order valence-electron chi connectivity index (χ4n) is 3.29. The summed E-state index contributed by atoms with van der Waals surface area (Å²) >= 11 is 2.15. The molecule has 1 N–H and O–H groups in total.